The molecule has 0 saturated heterocycles. The zero-order chi connectivity index (χ0) is 61.6. The van der Waals surface area contributed by atoms with E-state index in [1.54, 1.807) is 84.9 Å². The van der Waals surface area contributed by atoms with Crippen LogP contribution in [0.25, 0.3) is 21.5 Å². The molecule has 20 heteroatoms. The molecule has 450 valence electrons. The van der Waals surface area contributed by atoms with E-state index in [1.165, 1.54) is 41.5 Å². The normalized spacial score (nSPS) is 15.1. The maximum absolute atomic E-state index is 14.7. The monoisotopic (exact) mass is 1190 g/mol. The van der Waals surface area contributed by atoms with E-state index in [0.717, 1.165) is 21.5 Å². The van der Waals surface area contributed by atoms with Gasteiger partial charge >= 0.3 is 11.9 Å². The first kappa shape index (κ1) is 65.6. The number of aliphatic hydroxyl groups is 2. The molecule has 0 unspecified atom stereocenters. The summed E-state index contributed by atoms with van der Waals surface area (Å²) in [7, 11) is -7.96. The van der Waals surface area contributed by atoms with Gasteiger partial charge in [-0.15, -0.1) is 0 Å². The molecular formula is C64H78N4O14S2. The van der Waals surface area contributed by atoms with Gasteiger partial charge < -0.3 is 41.7 Å². The van der Waals surface area contributed by atoms with Crippen molar-refractivity contribution >= 4 is 76.8 Å². The molecule has 4 amide bonds. The summed E-state index contributed by atoms with van der Waals surface area (Å²) in [6, 6.07) is 36.5. The fourth-order valence-electron chi connectivity index (χ4n) is 9.90. The molecule has 6 aromatic rings. The summed E-state index contributed by atoms with van der Waals surface area (Å²) in [5, 5.41) is 58.5. The maximum atomic E-state index is 14.7. The van der Waals surface area contributed by atoms with Crippen LogP contribution in [0.2, 0.25) is 0 Å². The molecule has 8 N–H and O–H groups in total. The molecule has 6 rings (SSSR count). The van der Waals surface area contributed by atoms with Crippen molar-refractivity contribution in [2.24, 2.45) is 11.8 Å². The molecule has 0 saturated carbocycles. The van der Waals surface area contributed by atoms with Crippen LogP contribution in [0, 0.1) is 11.8 Å². The van der Waals surface area contributed by atoms with Crippen molar-refractivity contribution < 1.29 is 66.0 Å². The lowest BCUT2D eigenvalue weighted by atomic mass is 9.90. The highest BCUT2D eigenvalue weighted by Crippen LogP contribution is 2.28. The predicted molar refractivity (Wildman–Crippen MR) is 323 cm³/mol. The van der Waals surface area contributed by atoms with Crippen LogP contribution < -0.4 is 21.3 Å². The highest BCUT2D eigenvalue weighted by Gasteiger charge is 2.41. The van der Waals surface area contributed by atoms with Crippen LogP contribution in [0.5, 0.6) is 0 Å². The minimum atomic E-state index is -3.98. The molecule has 0 fully saturated rings. The Balaban J connectivity index is 1.32. The van der Waals surface area contributed by atoms with Gasteiger partial charge in [-0.2, -0.15) is 0 Å². The average molecular weight is 1190 g/mol. The molecule has 84 heavy (non-hydrogen) atoms. The second-order valence-corrected chi connectivity index (χ2v) is 29.0. The molecule has 0 heterocycles. The van der Waals surface area contributed by atoms with Crippen LogP contribution in [0.4, 0.5) is 0 Å². The average Bonchev–Trinajstić information content (AvgIpc) is 3.56. The van der Waals surface area contributed by atoms with Gasteiger partial charge in [0, 0.05) is 12.8 Å². The number of aliphatic hydroxyl groups excluding tert-OH is 2. The molecule has 0 aliphatic rings. The second kappa shape index (κ2) is 28.8. The summed E-state index contributed by atoms with van der Waals surface area (Å²) in [6.45, 7) is 9.04. The van der Waals surface area contributed by atoms with E-state index in [0.29, 0.717) is 22.3 Å². The Morgan fingerprint density at radius 2 is 0.738 bits per heavy atom. The highest BCUT2D eigenvalue weighted by molar-refractivity contribution is 7.93. The molecule has 0 aliphatic heterocycles. The van der Waals surface area contributed by atoms with Gasteiger partial charge in [-0.3, -0.25) is 28.8 Å². The Hall–Kier alpha value is -7.52. The van der Waals surface area contributed by atoms with Gasteiger partial charge in [0.1, 0.15) is 24.3 Å². The number of hydrogen-bond acceptors (Lipinski definition) is 12. The number of fused-ring (bicyclic) bond motifs is 2. The molecule has 0 aliphatic carbocycles. The fourth-order valence-corrected chi connectivity index (χ4v) is 12.5. The standard InChI is InChI=1S/C64H78N4O14S2/c1-63(2,3)83(79,80)39-47(37-45-27-17-25-43-23-13-15-29-49(43)45)59(75)65-51(31-33-55(69)70)61(77)67-53(35-41-19-9-7-10-20-41)57(73)58(74)54(36-42-21-11-8-12-22-42)68-62(78)52(32-34-56(71)72)66-60(76)48(40-84(81,82)64(4,5)6)38-46-28-18-26-44-24-14-16-30-50(44)46/h7-30,47-48,51-54,57-58,73-74H,31-40H2,1-6H3,(H,65,75)(H,66,76)(H,67,77)(H,68,78)(H,69,70)(H,71,72)/t47-,48-,51+,52+,53+,54+,57-,58-/m1/s1. The number of hydrogen-bond donors (Lipinski definition) is 8. The summed E-state index contributed by atoms with van der Waals surface area (Å²) in [5.74, 6) is -10.1. The summed E-state index contributed by atoms with van der Waals surface area (Å²) in [4.78, 5) is 82.8. The maximum Gasteiger partial charge on any atom is 0.303 e. The topological polar surface area (TPSA) is 300 Å². The number of rotatable bonds is 29. The van der Waals surface area contributed by atoms with Gasteiger partial charge in [0.2, 0.25) is 23.6 Å². The number of carbonyl (C=O) groups excluding carboxylic acids is 4. The number of sulfone groups is 2. The largest absolute Gasteiger partial charge is 0.481 e. The Kier molecular flexibility index (Phi) is 22.5. The first-order chi connectivity index (χ1) is 39.5. The van der Waals surface area contributed by atoms with Crippen LogP contribution in [-0.4, -0.2) is 130 Å². The highest BCUT2D eigenvalue weighted by atomic mass is 32.2. The van der Waals surface area contributed by atoms with E-state index >= 15 is 0 Å². The van der Waals surface area contributed by atoms with Crippen molar-refractivity contribution in [2.45, 2.75) is 139 Å². The van der Waals surface area contributed by atoms with Gasteiger partial charge in [0.05, 0.1) is 44.9 Å². The van der Waals surface area contributed by atoms with E-state index in [1.807, 2.05) is 60.7 Å². The summed E-state index contributed by atoms with van der Waals surface area (Å²) in [5.41, 5.74) is 2.41. The van der Waals surface area contributed by atoms with E-state index in [9.17, 15) is 66.0 Å². The predicted octanol–water partition coefficient (Wildman–Crippen LogP) is 6.31. The second-order valence-electron chi connectivity index (χ2n) is 23.4. The summed E-state index contributed by atoms with van der Waals surface area (Å²) >= 11 is 0. The molecular weight excluding hydrogens is 1110 g/mol. The van der Waals surface area contributed by atoms with Crippen LogP contribution >= 0.6 is 0 Å². The molecule has 6 aromatic carbocycles. The smallest absolute Gasteiger partial charge is 0.303 e. The molecule has 8 atom stereocenters. The van der Waals surface area contributed by atoms with Gasteiger partial charge in [-0.1, -0.05) is 146 Å². The third kappa shape index (κ3) is 18.2. The van der Waals surface area contributed by atoms with Crippen molar-refractivity contribution in [1.29, 1.82) is 0 Å². The van der Waals surface area contributed by atoms with E-state index in [-0.39, 0.29) is 25.7 Å². The minimum Gasteiger partial charge on any atom is -0.481 e. The first-order valence-corrected chi connectivity index (χ1v) is 31.3. The Bertz CT molecular complexity index is 3250. The third-order valence-corrected chi connectivity index (χ3v) is 20.5. The van der Waals surface area contributed by atoms with Crippen molar-refractivity contribution in [2.75, 3.05) is 11.5 Å². The molecule has 0 spiro atoms. The van der Waals surface area contributed by atoms with Gasteiger partial charge in [-0.25, -0.2) is 16.8 Å². The van der Waals surface area contributed by atoms with Gasteiger partial charge in [0.15, 0.2) is 19.7 Å². The van der Waals surface area contributed by atoms with Crippen LogP contribution in [0.15, 0.2) is 146 Å². The fraction of sp³-hybridized carbons (Fsp3) is 0.406. The molecule has 0 radical (unpaired) electrons. The van der Waals surface area contributed by atoms with Crippen molar-refractivity contribution in [3.63, 3.8) is 0 Å². The quantitative estimate of drug-likeness (QED) is 0.0255. The SMILES string of the molecule is CC(C)(C)S(=O)(=O)C[C@@H](Cc1cccc2ccccc12)C(=O)N[C@@H](CCC(=O)O)C(=O)N[C@@H](Cc1ccccc1)[C@@H](O)[C@H](O)[C@H](Cc1ccccc1)NC(=O)[C@H](CCC(=O)O)NC(=O)[C@H](Cc1cccc2ccccc12)CS(=O)(=O)C(C)(C)C. The van der Waals surface area contributed by atoms with E-state index in [2.05, 4.69) is 21.3 Å². The van der Waals surface area contributed by atoms with E-state index < -0.39 is 150 Å². The first-order valence-electron chi connectivity index (χ1n) is 28.0. The van der Waals surface area contributed by atoms with Crippen molar-refractivity contribution in [3.05, 3.63) is 168 Å². The van der Waals surface area contributed by atoms with Gasteiger partial charge in [-0.05, 0) is 124 Å². The number of carboxylic acids is 2. The summed E-state index contributed by atoms with van der Waals surface area (Å²) < 4.78 is 52.7. The number of benzene rings is 6. The number of aliphatic carboxylic acids is 2. The number of amides is 4. The third-order valence-electron chi connectivity index (χ3n) is 15.1. The number of nitrogens with one attached hydrogen (secondary N) is 4. The Morgan fingerprint density at radius 3 is 1.07 bits per heavy atom. The van der Waals surface area contributed by atoms with Crippen LogP contribution in [0.1, 0.15) is 89.5 Å². The lowest BCUT2D eigenvalue weighted by molar-refractivity contribution is -0.139. The minimum absolute atomic E-state index is 0.0719. The van der Waals surface area contributed by atoms with Crippen LogP contribution in [-0.2, 0) is 74.1 Å². The summed E-state index contributed by atoms with van der Waals surface area (Å²) in [6.07, 6.45) is -6.60. The van der Waals surface area contributed by atoms with Crippen molar-refractivity contribution in [1.82, 2.24) is 21.3 Å². The van der Waals surface area contributed by atoms with Crippen molar-refractivity contribution in [3.8, 4) is 0 Å². The lowest BCUT2D eigenvalue weighted by Gasteiger charge is -2.35. The zero-order valence-corrected chi connectivity index (χ0v) is 49.9. The Morgan fingerprint density at radius 1 is 0.417 bits per heavy atom. The zero-order valence-electron chi connectivity index (χ0n) is 48.2. The number of carbonyl (C=O) groups is 6. The number of carboxylic acid groups (broad SMARTS) is 2. The molecule has 0 bridgehead atoms. The van der Waals surface area contributed by atoms with Crippen LogP contribution in [0.3, 0.4) is 0 Å². The molecule has 18 nitrogen and oxygen atoms in total. The lowest BCUT2D eigenvalue weighted by Crippen LogP contribution is -2.61. The Labute approximate surface area is 491 Å². The molecule has 0 aromatic heterocycles. The van der Waals surface area contributed by atoms with Gasteiger partial charge in [0.25, 0.3) is 0 Å². The van der Waals surface area contributed by atoms with E-state index in [4.69, 9.17) is 0 Å².